The number of aromatic nitrogens is 3. The standard InChI is InChI=1S/C63H37N3/c1-2-18-41-38(16-1)17-15-25-49(41)61-65-59(39-33-35-57-50(36-39)47-24-8-14-31-56(47)62(57)51-26-9-3-19-42(51)43-20-4-10-27-52(43)62)64-60(66-61)40-32-34-48-46-23-7-13-30-55(46)63(58(48)37-40)53-28-11-5-21-44(53)45-22-6-12-29-54(45)63/h1-37H. The van der Waals surface area contributed by atoms with E-state index >= 15 is 0 Å². The minimum Gasteiger partial charge on any atom is -0.208 e. The van der Waals surface area contributed by atoms with E-state index in [4.69, 9.17) is 15.0 Å². The third-order valence-corrected chi connectivity index (χ3v) is 15.2. The summed E-state index contributed by atoms with van der Waals surface area (Å²) in [5.74, 6) is 1.94. The summed E-state index contributed by atoms with van der Waals surface area (Å²) >= 11 is 0. The summed E-state index contributed by atoms with van der Waals surface area (Å²) in [6, 6.07) is 82.5. The first-order chi connectivity index (χ1) is 32.7. The topological polar surface area (TPSA) is 38.7 Å². The fourth-order valence-corrected chi connectivity index (χ4v) is 12.6. The average Bonchev–Trinajstić information content (AvgIpc) is 4.07. The summed E-state index contributed by atoms with van der Waals surface area (Å²) in [5, 5.41) is 2.25. The van der Waals surface area contributed by atoms with Crippen molar-refractivity contribution in [3.8, 4) is 78.7 Å². The van der Waals surface area contributed by atoms with Gasteiger partial charge in [0.2, 0.25) is 0 Å². The molecule has 0 unspecified atom stereocenters. The van der Waals surface area contributed by atoms with Crippen molar-refractivity contribution in [1.82, 2.24) is 15.0 Å². The van der Waals surface area contributed by atoms with Crippen LogP contribution in [-0.2, 0) is 10.8 Å². The van der Waals surface area contributed by atoms with E-state index in [9.17, 15) is 0 Å². The Balaban J connectivity index is 0.971. The van der Waals surface area contributed by atoms with E-state index in [2.05, 4.69) is 224 Å². The van der Waals surface area contributed by atoms with Crippen LogP contribution in [0.15, 0.2) is 224 Å². The highest BCUT2D eigenvalue weighted by Crippen LogP contribution is 2.64. The Morgan fingerprint density at radius 1 is 0.227 bits per heavy atom. The van der Waals surface area contributed by atoms with Crippen molar-refractivity contribution in [3.63, 3.8) is 0 Å². The van der Waals surface area contributed by atoms with Crippen LogP contribution in [-0.4, -0.2) is 15.0 Å². The van der Waals surface area contributed by atoms with E-state index in [1.807, 2.05) is 0 Å². The smallest absolute Gasteiger partial charge is 0.164 e. The van der Waals surface area contributed by atoms with Gasteiger partial charge in [0.05, 0.1) is 10.8 Å². The maximum atomic E-state index is 5.48. The first-order valence-electron chi connectivity index (χ1n) is 22.9. The minimum absolute atomic E-state index is 0.425. The van der Waals surface area contributed by atoms with Crippen LogP contribution in [0.3, 0.4) is 0 Å². The number of hydrogen-bond donors (Lipinski definition) is 0. The van der Waals surface area contributed by atoms with E-state index in [0.29, 0.717) is 17.5 Å². The molecule has 0 fully saturated rings. The molecule has 0 radical (unpaired) electrons. The van der Waals surface area contributed by atoms with Gasteiger partial charge in [-0.25, -0.2) is 15.0 Å². The molecule has 1 heterocycles. The summed E-state index contributed by atoms with van der Waals surface area (Å²) in [6.07, 6.45) is 0. The molecule has 0 amide bonds. The van der Waals surface area contributed by atoms with Gasteiger partial charge in [0, 0.05) is 16.7 Å². The van der Waals surface area contributed by atoms with Gasteiger partial charge in [0.25, 0.3) is 0 Å². The van der Waals surface area contributed by atoms with Crippen molar-refractivity contribution in [2.24, 2.45) is 0 Å². The van der Waals surface area contributed by atoms with Gasteiger partial charge >= 0.3 is 0 Å². The minimum atomic E-state index is -0.482. The summed E-state index contributed by atoms with van der Waals surface area (Å²) < 4.78 is 0. The van der Waals surface area contributed by atoms with Gasteiger partial charge < -0.3 is 0 Å². The molecule has 2 spiro atoms. The molecule has 66 heavy (non-hydrogen) atoms. The van der Waals surface area contributed by atoms with Crippen LogP contribution in [0.4, 0.5) is 0 Å². The second kappa shape index (κ2) is 13.0. The summed E-state index contributed by atoms with van der Waals surface area (Å²) in [7, 11) is 0. The van der Waals surface area contributed by atoms with Crippen LogP contribution in [0, 0.1) is 0 Å². The summed E-state index contributed by atoms with van der Waals surface area (Å²) in [4.78, 5) is 16.3. The lowest BCUT2D eigenvalue weighted by molar-refractivity contribution is 0.793. The third-order valence-electron chi connectivity index (χ3n) is 15.2. The lowest BCUT2D eigenvalue weighted by atomic mass is 9.70. The predicted molar refractivity (Wildman–Crippen MR) is 266 cm³/mol. The molecule has 0 N–H and O–H groups in total. The van der Waals surface area contributed by atoms with Crippen LogP contribution in [0.5, 0.6) is 0 Å². The second-order valence-corrected chi connectivity index (χ2v) is 18.1. The first kappa shape index (κ1) is 35.9. The SMILES string of the molecule is c1ccc2c(c1)-c1ccccc1C21c2ccccc2-c2cc(-c3nc(-c4ccc5c(c4)C4(c6ccccc6-c6ccccc64)c4ccccc4-5)nc(-c4cccc5ccccc45)n3)ccc21. The first-order valence-corrected chi connectivity index (χ1v) is 22.9. The van der Waals surface area contributed by atoms with Gasteiger partial charge in [-0.05, 0) is 112 Å². The Labute approximate surface area is 382 Å². The molecule has 3 nitrogen and oxygen atoms in total. The van der Waals surface area contributed by atoms with Crippen LogP contribution in [0.2, 0.25) is 0 Å². The highest BCUT2D eigenvalue weighted by Gasteiger charge is 2.53. The fourth-order valence-electron chi connectivity index (χ4n) is 12.6. The quantitative estimate of drug-likeness (QED) is 0.178. The Bertz CT molecular complexity index is 3800. The van der Waals surface area contributed by atoms with Gasteiger partial charge in [0.15, 0.2) is 17.5 Å². The number of rotatable bonds is 3. The number of benzene rings is 10. The molecule has 4 aliphatic carbocycles. The molecule has 4 aliphatic rings. The van der Waals surface area contributed by atoms with Crippen LogP contribution < -0.4 is 0 Å². The van der Waals surface area contributed by atoms with Crippen molar-refractivity contribution in [2.75, 3.05) is 0 Å². The monoisotopic (exact) mass is 835 g/mol. The molecule has 304 valence electrons. The Morgan fingerprint density at radius 2 is 0.576 bits per heavy atom. The van der Waals surface area contributed by atoms with Crippen LogP contribution in [0.25, 0.3) is 89.4 Å². The lowest BCUT2D eigenvalue weighted by Gasteiger charge is -2.30. The van der Waals surface area contributed by atoms with Crippen molar-refractivity contribution in [1.29, 1.82) is 0 Å². The summed E-state index contributed by atoms with van der Waals surface area (Å²) in [6.45, 7) is 0. The second-order valence-electron chi connectivity index (χ2n) is 18.1. The van der Waals surface area contributed by atoms with Gasteiger partial charge in [-0.15, -0.1) is 0 Å². The maximum Gasteiger partial charge on any atom is 0.164 e. The molecule has 3 heteroatoms. The molecule has 0 bridgehead atoms. The van der Waals surface area contributed by atoms with Gasteiger partial charge in [-0.2, -0.15) is 0 Å². The van der Waals surface area contributed by atoms with E-state index in [1.54, 1.807) is 0 Å². The molecular formula is C63H37N3. The Morgan fingerprint density at radius 3 is 1.11 bits per heavy atom. The Hall–Kier alpha value is -8.53. The van der Waals surface area contributed by atoms with Gasteiger partial charge in [-0.3, -0.25) is 0 Å². The van der Waals surface area contributed by atoms with E-state index < -0.39 is 10.8 Å². The molecule has 1 aromatic heterocycles. The molecule has 10 aromatic carbocycles. The fraction of sp³-hybridized carbons (Fsp3) is 0.0317. The number of nitrogens with zero attached hydrogens (tertiary/aromatic N) is 3. The van der Waals surface area contributed by atoms with Crippen LogP contribution in [0.1, 0.15) is 44.5 Å². The predicted octanol–water partition coefficient (Wildman–Crippen LogP) is 14.7. The largest absolute Gasteiger partial charge is 0.208 e. The summed E-state index contributed by atoms with van der Waals surface area (Å²) in [5.41, 5.74) is 22.5. The Kier molecular flexibility index (Phi) is 7.08. The zero-order valence-corrected chi connectivity index (χ0v) is 35.7. The average molecular weight is 836 g/mol. The molecule has 0 atom stereocenters. The van der Waals surface area contributed by atoms with Crippen molar-refractivity contribution in [2.45, 2.75) is 10.8 Å². The van der Waals surface area contributed by atoms with Crippen LogP contribution >= 0.6 is 0 Å². The highest BCUT2D eigenvalue weighted by molar-refractivity contribution is 5.99. The molecule has 0 saturated carbocycles. The van der Waals surface area contributed by atoms with E-state index in [-0.39, 0.29) is 0 Å². The number of hydrogen-bond acceptors (Lipinski definition) is 3. The maximum absolute atomic E-state index is 5.48. The van der Waals surface area contributed by atoms with Crippen molar-refractivity contribution >= 4 is 10.8 Å². The van der Waals surface area contributed by atoms with E-state index in [1.165, 1.54) is 89.0 Å². The molecule has 0 saturated heterocycles. The van der Waals surface area contributed by atoms with Crippen molar-refractivity contribution in [3.05, 3.63) is 269 Å². The van der Waals surface area contributed by atoms with Gasteiger partial charge in [0.1, 0.15) is 0 Å². The highest BCUT2D eigenvalue weighted by atomic mass is 15.0. The lowest BCUT2D eigenvalue weighted by Crippen LogP contribution is -2.25. The molecular weight excluding hydrogens is 799 g/mol. The van der Waals surface area contributed by atoms with Gasteiger partial charge in [-0.1, -0.05) is 212 Å². The molecule has 11 aromatic rings. The zero-order valence-electron chi connectivity index (χ0n) is 35.7. The third kappa shape index (κ3) is 4.44. The molecule has 15 rings (SSSR count). The zero-order chi connectivity index (χ0) is 43.1. The van der Waals surface area contributed by atoms with E-state index in [0.717, 1.165) is 27.5 Å². The van der Waals surface area contributed by atoms with Crippen molar-refractivity contribution < 1.29 is 0 Å². The number of fused-ring (bicyclic) bond motifs is 21. The normalized spacial score (nSPS) is 14.3. The molecule has 0 aliphatic heterocycles.